The molecule has 2 aromatic carbocycles. The average Bonchev–Trinajstić information content (AvgIpc) is 3.28. The number of carbonyl (C=O) groups excluding carboxylic acids is 6. The third-order valence-corrected chi connectivity index (χ3v) is 10.4. The van der Waals surface area contributed by atoms with E-state index in [0.29, 0.717) is 0 Å². The summed E-state index contributed by atoms with van der Waals surface area (Å²) in [6.45, 7) is 17.9. The number of benzene rings is 2. The molecule has 0 aliphatic rings. The molecule has 344 valence electrons. The highest BCUT2D eigenvalue weighted by atomic mass is 16.6. The number of esters is 4. The number of amides is 2. The van der Waals surface area contributed by atoms with Gasteiger partial charge in [0.05, 0.1) is 14.2 Å². The summed E-state index contributed by atoms with van der Waals surface area (Å²) in [4.78, 5) is 82.3. The lowest BCUT2D eigenvalue weighted by Gasteiger charge is -2.24. The Morgan fingerprint density at radius 3 is 1.20 bits per heavy atom. The molecule has 2 aromatic heterocycles. The van der Waals surface area contributed by atoms with Gasteiger partial charge in [-0.15, -0.1) is 0 Å². The summed E-state index contributed by atoms with van der Waals surface area (Å²) >= 11 is 0. The first kappa shape index (κ1) is 51.5. The van der Waals surface area contributed by atoms with Crippen LogP contribution in [0.15, 0.2) is 73.1 Å². The summed E-state index contributed by atoms with van der Waals surface area (Å²) in [5, 5.41) is 5.10. The van der Waals surface area contributed by atoms with E-state index in [9.17, 15) is 28.8 Å². The Hall–Kier alpha value is -6.84. The second kappa shape index (κ2) is 24.7. The summed E-state index contributed by atoms with van der Waals surface area (Å²) in [5.41, 5.74) is 4.09. The van der Waals surface area contributed by atoms with E-state index in [0.717, 1.165) is 22.3 Å². The normalized spacial score (nSPS) is 13.4. The molecule has 4 aromatic rings. The minimum atomic E-state index is -0.947. The van der Waals surface area contributed by atoms with Crippen molar-refractivity contribution in [3.63, 3.8) is 0 Å². The molecule has 0 spiro atoms. The summed E-state index contributed by atoms with van der Waals surface area (Å²) < 4.78 is 32.0. The molecule has 0 aliphatic carbocycles. The Kier molecular flexibility index (Phi) is 19.9. The van der Waals surface area contributed by atoms with Crippen molar-refractivity contribution in [2.24, 2.45) is 0 Å². The first-order chi connectivity index (χ1) is 30.4. The van der Waals surface area contributed by atoms with Crippen molar-refractivity contribution in [3.05, 3.63) is 107 Å². The molecule has 0 aliphatic heterocycles. The molecule has 64 heavy (non-hydrogen) atoms. The zero-order chi connectivity index (χ0) is 47.7. The van der Waals surface area contributed by atoms with Crippen LogP contribution >= 0.6 is 0 Å². The van der Waals surface area contributed by atoms with Gasteiger partial charge in [-0.1, -0.05) is 76.2 Å². The fourth-order valence-corrected chi connectivity index (χ4v) is 6.20. The first-order valence-corrected chi connectivity index (χ1v) is 21.0. The maximum Gasteiger partial charge on any atom is 0.328 e. The number of methoxy groups -OCH3 is 2. The predicted molar refractivity (Wildman–Crippen MR) is 238 cm³/mol. The van der Waals surface area contributed by atoms with Crippen LogP contribution in [-0.2, 0) is 28.7 Å². The van der Waals surface area contributed by atoms with E-state index < -0.39 is 60.0 Å². The highest BCUT2D eigenvalue weighted by Gasteiger charge is 2.29. The lowest BCUT2D eigenvalue weighted by molar-refractivity contribution is -0.151. The second-order valence-corrected chi connectivity index (χ2v) is 15.0. The van der Waals surface area contributed by atoms with Gasteiger partial charge in [0.15, 0.2) is 22.9 Å². The second-order valence-electron chi connectivity index (χ2n) is 15.0. The number of carbonyl (C=O) groups is 6. The van der Waals surface area contributed by atoms with Gasteiger partial charge >= 0.3 is 23.9 Å². The fraction of sp³-hybridized carbons (Fsp3) is 0.417. The first-order valence-electron chi connectivity index (χ1n) is 21.0. The number of hydrogen-bond acceptors (Lipinski definition) is 14. The maximum atomic E-state index is 12.8. The van der Waals surface area contributed by atoms with Crippen molar-refractivity contribution in [1.29, 1.82) is 0 Å². The van der Waals surface area contributed by atoms with Crippen molar-refractivity contribution in [3.8, 4) is 23.0 Å². The van der Waals surface area contributed by atoms with Gasteiger partial charge in [0.25, 0.3) is 11.8 Å². The Balaban J connectivity index is 0.000000340. The zero-order valence-electron chi connectivity index (χ0n) is 38.6. The Morgan fingerprint density at radius 1 is 0.547 bits per heavy atom. The largest absolute Gasteiger partial charge is 0.493 e. The van der Waals surface area contributed by atoms with Crippen molar-refractivity contribution in [2.75, 3.05) is 14.2 Å². The van der Waals surface area contributed by atoms with Crippen LogP contribution in [0.1, 0.15) is 123 Å². The molecule has 16 heteroatoms. The Bertz CT molecular complexity index is 2110. The number of nitrogens with zero attached hydrogens (tertiary/aromatic N) is 2. The number of rotatable bonds is 18. The number of aryl methyl sites for hydroxylation is 2. The van der Waals surface area contributed by atoms with Crippen LogP contribution in [0.5, 0.6) is 23.0 Å². The highest BCUT2D eigenvalue weighted by molar-refractivity contribution is 5.99. The maximum absolute atomic E-state index is 12.8. The minimum Gasteiger partial charge on any atom is -0.493 e. The van der Waals surface area contributed by atoms with Crippen molar-refractivity contribution < 1.29 is 57.2 Å². The summed E-state index contributed by atoms with van der Waals surface area (Å²) in [6, 6.07) is 16.9. The summed E-state index contributed by atoms with van der Waals surface area (Å²) in [7, 11) is 2.77. The molecule has 2 heterocycles. The van der Waals surface area contributed by atoms with Gasteiger partial charge in [-0.3, -0.25) is 19.2 Å². The smallest absolute Gasteiger partial charge is 0.328 e. The lowest BCUT2D eigenvalue weighted by atomic mass is 9.92. The number of pyridine rings is 2. The molecular formula is C48H60N4O12. The van der Waals surface area contributed by atoms with Crippen LogP contribution in [-0.4, -0.2) is 84.2 Å². The summed E-state index contributed by atoms with van der Waals surface area (Å²) in [5.74, 6) is -3.50. The van der Waals surface area contributed by atoms with Gasteiger partial charge < -0.3 is 39.1 Å². The highest BCUT2D eigenvalue weighted by Crippen LogP contribution is 2.32. The zero-order valence-corrected chi connectivity index (χ0v) is 38.6. The van der Waals surface area contributed by atoms with Crippen LogP contribution in [0.4, 0.5) is 0 Å². The van der Waals surface area contributed by atoms with Crippen LogP contribution in [0.3, 0.4) is 0 Å². The predicted octanol–water partition coefficient (Wildman–Crippen LogP) is 7.14. The number of aromatic nitrogens is 2. The molecule has 0 fully saturated rings. The minimum absolute atomic E-state index is 0.0249. The monoisotopic (exact) mass is 884 g/mol. The molecule has 0 saturated heterocycles. The molecule has 0 bridgehead atoms. The van der Waals surface area contributed by atoms with E-state index in [1.54, 1.807) is 13.8 Å². The van der Waals surface area contributed by atoms with E-state index in [2.05, 4.69) is 20.6 Å². The van der Waals surface area contributed by atoms with Crippen molar-refractivity contribution in [1.82, 2.24) is 20.6 Å². The van der Waals surface area contributed by atoms with E-state index in [4.69, 9.17) is 28.4 Å². The molecule has 0 saturated carbocycles. The third kappa shape index (κ3) is 14.1. The SMILES string of the molecule is CCC(=O)Oc1c(OC)ccnc1C(=O)N[C@@H](C)C(=O)O[C@@H](C)[C@@H](C)c1ccccc1C.CCC(=O)Oc1c(OC)ccnc1C(=O)N[C@@H](C)C(=O)O[C@@H](C)[C@@H](C)c1ccccc1C. The van der Waals surface area contributed by atoms with Crippen molar-refractivity contribution >= 4 is 35.7 Å². The summed E-state index contributed by atoms with van der Waals surface area (Å²) in [6.07, 6.45) is 2.12. The van der Waals surface area contributed by atoms with Gasteiger partial charge in [-0.05, 0) is 63.8 Å². The molecule has 6 atom stereocenters. The van der Waals surface area contributed by atoms with E-state index in [1.165, 1.54) is 52.6 Å². The molecule has 16 nitrogen and oxygen atoms in total. The van der Waals surface area contributed by atoms with E-state index in [-0.39, 0.29) is 59.1 Å². The van der Waals surface area contributed by atoms with Crippen LogP contribution in [0, 0.1) is 13.8 Å². The van der Waals surface area contributed by atoms with Gasteiger partial charge in [-0.2, -0.15) is 0 Å². The van der Waals surface area contributed by atoms with Gasteiger partial charge in [0.2, 0.25) is 11.5 Å². The topological polar surface area (TPSA) is 208 Å². The molecule has 2 amide bonds. The van der Waals surface area contributed by atoms with Gasteiger partial charge in [0.1, 0.15) is 24.3 Å². The van der Waals surface area contributed by atoms with E-state index in [1.807, 2.05) is 90.1 Å². The van der Waals surface area contributed by atoms with Crippen LogP contribution in [0.25, 0.3) is 0 Å². The van der Waals surface area contributed by atoms with Crippen molar-refractivity contribution in [2.45, 2.75) is 118 Å². The molecular weight excluding hydrogens is 825 g/mol. The van der Waals surface area contributed by atoms with Gasteiger partial charge in [0, 0.05) is 49.2 Å². The quantitative estimate of drug-likeness (QED) is 0.0953. The fourth-order valence-electron chi connectivity index (χ4n) is 6.20. The molecule has 2 N–H and O–H groups in total. The van der Waals surface area contributed by atoms with Crippen LogP contribution < -0.4 is 29.6 Å². The number of ether oxygens (including phenoxy) is 6. The molecule has 4 rings (SSSR count). The Morgan fingerprint density at radius 2 is 0.891 bits per heavy atom. The Labute approximate surface area is 374 Å². The molecule has 0 radical (unpaired) electrons. The standard InChI is InChI=1S/2C24H30N2O6/c2*1-7-20(27)32-22-19(30-6)12-13-25-21(22)23(28)26-16(4)24(29)31-17(5)15(3)18-11-9-8-10-14(18)2/h2*8-13,15-17H,7H2,1-6H3,(H,26,28)/t2*15-,16+,17+/m11/s1. The molecule has 0 unspecified atom stereocenters. The van der Waals surface area contributed by atoms with Gasteiger partial charge in [-0.25, -0.2) is 19.6 Å². The van der Waals surface area contributed by atoms with Crippen LogP contribution in [0.2, 0.25) is 0 Å². The number of hydrogen-bond donors (Lipinski definition) is 2. The lowest BCUT2D eigenvalue weighted by Crippen LogP contribution is -2.41. The number of nitrogens with one attached hydrogen (secondary N) is 2. The van der Waals surface area contributed by atoms with E-state index >= 15 is 0 Å². The third-order valence-electron chi connectivity index (χ3n) is 10.4. The average molecular weight is 885 g/mol.